The summed E-state index contributed by atoms with van der Waals surface area (Å²) in [5.41, 5.74) is 4.44. The Hall–Kier alpha value is -1.44. The number of benzene rings is 1. The maximum Gasteiger partial charge on any atom is 0.126 e. The fourth-order valence-corrected chi connectivity index (χ4v) is 6.04. The molecule has 3 saturated carbocycles. The first-order chi connectivity index (χ1) is 13.7. The Bertz CT molecular complexity index is 718. The molecule has 1 aromatic carbocycles. The van der Waals surface area contributed by atoms with Crippen LogP contribution in [-0.4, -0.2) is 14.2 Å². The van der Waals surface area contributed by atoms with Crippen molar-refractivity contribution in [2.75, 3.05) is 14.2 Å². The first kappa shape index (κ1) is 22.2. The summed E-state index contributed by atoms with van der Waals surface area (Å²) in [4.78, 5) is 0. The van der Waals surface area contributed by atoms with E-state index in [1.54, 1.807) is 0 Å². The van der Waals surface area contributed by atoms with E-state index in [0.29, 0.717) is 23.2 Å². The van der Waals surface area contributed by atoms with Crippen molar-refractivity contribution in [3.8, 4) is 11.5 Å². The van der Waals surface area contributed by atoms with Crippen molar-refractivity contribution in [3.63, 3.8) is 0 Å². The summed E-state index contributed by atoms with van der Waals surface area (Å²) < 4.78 is 12.0. The quantitative estimate of drug-likeness (QED) is 0.314. The second-order valence-corrected chi connectivity index (χ2v) is 10.7. The molecule has 29 heavy (non-hydrogen) atoms. The van der Waals surface area contributed by atoms with E-state index in [-0.39, 0.29) is 5.41 Å². The van der Waals surface area contributed by atoms with Crippen molar-refractivity contribution < 1.29 is 9.47 Å². The molecule has 1 aromatic rings. The molecule has 3 atom stereocenters. The summed E-state index contributed by atoms with van der Waals surface area (Å²) in [6, 6.07) is 4.58. The Morgan fingerprint density at radius 1 is 1.07 bits per heavy atom. The van der Waals surface area contributed by atoms with Crippen LogP contribution in [-0.2, 0) is 5.41 Å². The van der Waals surface area contributed by atoms with Gasteiger partial charge >= 0.3 is 0 Å². The van der Waals surface area contributed by atoms with Crippen molar-refractivity contribution in [3.05, 3.63) is 35.4 Å². The Balaban J connectivity index is 1.94. The molecule has 0 N–H and O–H groups in total. The van der Waals surface area contributed by atoms with E-state index in [0.717, 1.165) is 17.9 Å². The molecule has 0 aliphatic heterocycles. The minimum atomic E-state index is 0.115. The zero-order valence-corrected chi connectivity index (χ0v) is 19.9. The zero-order chi connectivity index (χ0) is 21.4. The minimum Gasteiger partial charge on any atom is -0.496 e. The lowest BCUT2D eigenvalue weighted by atomic mass is 9.43. The number of methoxy groups -OCH3 is 2. The largest absolute Gasteiger partial charge is 0.496 e. The first-order valence-corrected chi connectivity index (χ1v) is 11.6. The first-order valence-electron chi connectivity index (χ1n) is 11.6. The molecule has 0 heterocycles. The fraction of sp³-hybridized carbons (Fsp3) is 0.704. The molecule has 3 aliphatic rings. The molecule has 3 fully saturated rings. The molecule has 0 spiro atoms. The normalized spacial score (nSPS) is 25.5. The average Bonchev–Trinajstić information content (AvgIpc) is 2.69. The Morgan fingerprint density at radius 3 is 2.17 bits per heavy atom. The van der Waals surface area contributed by atoms with Crippen LogP contribution in [0.25, 0.3) is 0 Å². The summed E-state index contributed by atoms with van der Waals surface area (Å²) in [6.07, 6.45) is 8.70. The zero-order valence-electron chi connectivity index (χ0n) is 19.9. The lowest BCUT2D eigenvalue weighted by molar-refractivity contribution is -0.0444. The highest BCUT2D eigenvalue weighted by Crippen LogP contribution is 2.67. The third-order valence-electron chi connectivity index (χ3n) is 8.16. The molecule has 0 radical (unpaired) electrons. The van der Waals surface area contributed by atoms with E-state index in [9.17, 15) is 0 Å². The highest BCUT2D eigenvalue weighted by atomic mass is 16.5. The van der Waals surface area contributed by atoms with Crippen LogP contribution in [0.5, 0.6) is 11.5 Å². The fourth-order valence-electron chi connectivity index (χ4n) is 6.04. The highest BCUT2D eigenvalue weighted by molar-refractivity contribution is 5.53. The summed E-state index contributed by atoms with van der Waals surface area (Å²) >= 11 is 0. The van der Waals surface area contributed by atoms with Crippen LogP contribution in [0.2, 0.25) is 0 Å². The van der Waals surface area contributed by atoms with Crippen LogP contribution in [0.15, 0.2) is 24.3 Å². The number of hydrogen-bond acceptors (Lipinski definition) is 2. The maximum atomic E-state index is 5.98. The van der Waals surface area contributed by atoms with E-state index >= 15 is 0 Å². The molecule has 3 aliphatic carbocycles. The Labute approximate surface area is 179 Å². The molecule has 4 rings (SSSR count). The van der Waals surface area contributed by atoms with Gasteiger partial charge in [0.25, 0.3) is 0 Å². The molecular weight excluding hydrogens is 356 g/mol. The van der Waals surface area contributed by atoms with Crippen LogP contribution in [0.4, 0.5) is 0 Å². The lowest BCUT2D eigenvalue weighted by Crippen LogP contribution is -2.52. The van der Waals surface area contributed by atoms with Crippen LogP contribution >= 0.6 is 0 Å². The number of ether oxygens (including phenoxy) is 2. The number of rotatable bonds is 9. The number of fused-ring (bicyclic) bond motifs is 2. The van der Waals surface area contributed by atoms with Gasteiger partial charge in [-0.25, -0.2) is 0 Å². The molecule has 0 amide bonds. The highest BCUT2D eigenvalue weighted by Gasteiger charge is 2.57. The smallest absolute Gasteiger partial charge is 0.126 e. The van der Waals surface area contributed by atoms with Gasteiger partial charge in [0, 0.05) is 5.56 Å². The van der Waals surface area contributed by atoms with Crippen LogP contribution in [0.3, 0.4) is 0 Å². The van der Waals surface area contributed by atoms with Gasteiger partial charge in [-0.2, -0.15) is 0 Å². The molecule has 0 saturated heterocycles. The van der Waals surface area contributed by atoms with E-state index < -0.39 is 0 Å². The Kier molecular flexibility index (Phi) is 6.41. The molecule has 162 valence electrons. The molecule has 2 unspecified atom stereocenters. The third-order valence-corrected chi connectivity index (χ3v) is 8.16. The van der Waals surface area contributed by atoms with Gasteiger partial charge in [-0.15, -0.1) is 0 Å². The van der Waals surface area contributed by atoms with Crippen molar-refractivity contribution in [2.24, 2.45) is 17.3 Å². The van der Waals surface area contributed by atoms with Crippen LogP contribution < -0.4 is 9.47 Å². The Morgan fingerprint density at radius 2 is 1.69 bits per heavy atom. The van der Waals surface area contributed by atoms with Gasteiger partial charge in [-0.05, 0) is 65.5 Å². The summed E-state index contributed by atoms with van der Waals surface area (Å²) in [5, 5.41) is 0. The van der Waals surface area contributed by atoms with Crippen molar-refractivity contribution in [2.45, 2.75) is 90.9 Å². The molecule has 2 bridgehead atoms. The molecule has 0 aromatic heterocycles. The predicted molar refractivity (Wildman–Crippen MR) is 123 cm³/mol. The van der Waals surface area contributed by atoms with Gasteiger partial charge in [-0.3, -0.25) is 0 Å². The standard InChI is InChI=1S/C27H42O2/c1-9-10-11-12-13-26(3,4)19-15-23(28-7)25(24(16-19)29-8)20-14-18(2)21-17-22(20)27(21,5)6/h15-16,20-22H,2,9-14,17H2,1,3-8H3/t20-,21?,22?/m0/s1. The van der Waals surface area contributed by atoms with E-state index in [1.165, 1.54) is 55.2 Å². The van der Waals surface area contributed by atoms with Gasteiger partial charge in [0.1, 0.15) is 11.5 Å². The van der Waals surface area contributed by atoms with E-state index in [2.05, 4.69) is 53.3 Å². The monoisotopic (exact) mass is 398 g/mol. The van der Waals surface area contributed by atoms with Crippen molar-refractivity contribution in [1.29, 1.82) is 0 Å². The summed E-state index contributed by atoms with van der Waals surface area (Å²) in [7, 11) is 3.62. The topological polar surface area (TPSA) is 18.5 Å². The summed E-state index contributed by atoms with van der Waals surface area (Å²) in [5.74, 6) is 3.80. The minimum absolute atomic E-state index is 0.115. The van der Waals surface area contributed by atoms with E-state index in [1.807, 2.05) is 14.2 Å². The second kappa shape index (κ2) is 8.36. The van der Waals surface area contributed by atoms with Gasteiger partial charge in [-0.1, -0.05) is 72.5 Å². The molecular formula is C27H42O2. The molecule has 2 heteroatoms. The average molecular weight is 399 g/mol. The number of allylic oxidation sites excluding steroid dienone is 1. The van der Waals surface area contributed by atoms with Crippen molar-refractivity contribution in [1.82, 2.24) is 0 Å². The number of hydrogen-bond donors (Lipinski definition) is 0. The lowest BCUT2D eigenvalue weighted by Gasteiger charge is -2.61. The van der Waals surface area contributed by atoms with Crippen LogP contribution in [0.1, 0.15) is 96.6 Å². The summed E-state index contributed by atoms with van der Waals surface area (Å²) in [6.45, 7) is 16.2. The SMILES string of the molecule is C=C1C[C@H](c2c(OC)cc(C(C)(C)CCCCCC)cc2OC)C2CC1C2(C)C. The van der Waals surface area contributed by atoms with Gasteiger partial charge in [0.05, 0.1) is 14.2 Å². The third kappa shape index (κ3) is 3.97. The van der Waals surface area contributed by atoms with Gasteiger partial charge < -0.3 is 9.47 Å². The maximum absolute atomic E-state index is 5.98. The number of unbranched alkanes of at least 4 members (excludes halogenated alkanes) is 3. The second-order valence-electron chi connectivity index (χ2n) is 10.7. The van der Waals surface area contributed by atoms with Crippen LogP contribution in [0, 0.1) is 17.3 Å². The van der Waals surface area contributed by atoms with E-state index in [4.69, 9.17) is 9.47 Å². The van der Waals surface area contributed by atoms with Crippen molar-refractivity contribution >= 4 is 0 Å². The molecule has 2 nitrogen and oxygen atoms in total. The van der Waals surface area contributed by atoms with Gasteiger partial charge in [0.2, 0.25) is 0 Å². The predicted octanol–water partition coefficient (Wildman–Crippen LogP) is 7.66. The van der Waals surface area contributed by atoms with Gasteiger partial charge in [0.15, 0.2) is 0 Å².